The van der Waals surface area contributed by atoms with E-state index in [1.807, 2.05) is 18.3 Å². The fourth-order valence-electron chi connectivity index (χ4n) is 8.93. The first-order valence-corrected chi connectivity index (χ1v) is 19.0. The van der Waals surface area contributed by atoms with E-state index in [1.165, 1.54) is 38.9 Å². The molecule has 0 saturated heterocycles. The van der Waals surface area contributed by atoms with Crippen LogP contribution in [-0.2, 0) is 36.6 Å². The van der Waals surface area contributed by atoms with Crippen molar-refractivity contribution in [3.05, 3.63) is 130 Å². The van der Waals surface area contributed by atoms with E-state index in [0.717, 1.165) is 53.1 Å². The number of aromatic nitrogens is 1. The number of anilines is 3. The number of hydrogen-bond acceptors (Lipinski definition) is 5. The Hall–Kier alpha value is -4.21. The minimum absolute atomic E-state index is 0. The Morgan fingerprint density at radius 3 is 2.20 bits per heavy atom. The third-order valence-corrected chi connectivity index (χ3v) is 12.1. The zero-order chi connectivity index (χ0) is 37.7. The molecule has 2 aliphatic heterocycles. The van der Waals surface area contributed by atoms with Crippen molar-refractivity contribution in [1.82, 2.24) is 4.98 Å². The Balaban J connectivity index is 0.00000450. The Morgan fingerprint density at radius 1 is 0.796 bits per heavy atom. The molecule has 1 aliphatic carbocycles. The molecule has 54 heavy (non-hydrogen) atoms. The Morgan fingerprint density at radius 2 is 1.50 bits per heavy atom. The standard InChI is InChI=1S/C48H51N3O2.Pt/c1-29-20-31(3)42(32(4)21-29)33-24-34(44-50-47(10)17-13-18-48(47,11)53-44)26-38(25-33)52-37-23-30(2)22-36(28-37)51-41-16-15-35(45(5,6)7)27-40(41)46(8,9)39-14-12-19-49-43(39)51;/h12,14-16,19-25,27H,13,17-18H2,1-11H3;/q-2;+2/t47-,48+;/m1./s1. The molecule has 0 amide bonds. The summed E-state index contributed by atoms with van der Waals surface area (Å²) < 4.78 is 13.5. The average Bonchev–Trinajstić information content (AvgIpc) is 3.50. The van der Waals surface area contributed by atoms with Crippen LogP contribution in [0, 0.1) is 39.8 Å². The summed E-state index contributed by atoms with van der Waals surface area (Å²) in [5.41, 5.74) is 12.7. The first-order chi connectivity index (χ1) is 25.0. The zero-order valence-electron chi connectivity index (χ0n) is 33.5. The third-order valence-electron chi connectivity index (χ3n) is 12.1. The van der Waals surface area contributed by atoms with Crippen LogP contribution in [0.3, 0.4) is 0 Å². The molecule has 5 nitrogen and oxygen atoms in total. The molecule has 6 heteroatoms. The van der Waals surface area contributed by atoms with Gasteiger partial charge in [-0.3, -0.25) is 4.99 Å². The van der Waals surface area contributed by atoms with Gasteiger partial charge in [-0.2, -0.15) is 5.56 Å². The number of benzene rings is 4. The second-order valence-electron chi connectivity index (χ2n) is 17.6. The SMILES string of the molecule is Cc1cc(Oc2[c-]c(C3=N[C@]4(C)CCC[C@]4(C)O3)cc(-c3c(C)cc(C)cc3C)c2)[c-]c(N2c3ccc(C(C)(C)C)cc3C(C)(C)c3cccnc32)c1.[Pt+2]. The van der Waals surface area contributed by atoms with Crippen molar-refractivity contribution in [2.75, 3.05) is 4.90 Å². The number of nitrogens with zero attached hydrogens (tertiary/aromatic N) is 3. The van der Waals surface area contributed by atoms with Gasteiger partial charge < -0.3 is 14.4 Å². The molecular weight excluding hydrogens is 846 g/mol. The van der Waals surface area contributed by atoms with Gasteiger partial charge in [0.15, 0.2) is 0 Å². The van der Waals surface area contributed by atoms with Crippen molar-refractivity contribution in [3.8, 4) is 22.6 Å². The summed E-state index contributed by atoms with van der Waals surface area (Å²) in [5, 5.41) is 0. The zero-order valence-corrected chi connectivity index (χ0v) is 35.8. The van der Waals surface area contributed by atoms with Crippen molar-refractivity contribution in [1.29, 1.82) is 0 Å². The number of rotatable bonds is 5. The van der Waals surface area contributed by atoms with Crippen molar-refractivity contribution in [3.63, 3.8) is 0 Å². The molecule has 4 aromatic carbocycles. The molecule has 1 aromatic heterocycles. The molecule has 5 aromatic rings. The monoisotopic (exact) mass is 896 g/mol. The van der Waals surface area contributed by atoms with Crippen LogP contribution < -0.4 is 9.64 Å². The van der Waals surface area contributed by atoms with E-state index in [9.17, 15) is 0 Å². The molecule has 0 N–H and O–H groups in total. The van der Waals surface area contributed by atoms with Gasteiger partial charge in [0.25, 0.3) is 0 Å². The first kappa shape index (κ1) is 38.1. The number of hydrogen-bond donors (Lipinski definition) is 0. The van der Waals surface area contributed by atoms with Crippen LogP contribution in [0.4, 0.5) is 17.2 Å². The van der Waals surface area contributed by atoms with E-state index < -0.39 is 0 Å². The normalized spacial score (nSPS) is 21.0. The summed E-state index contributed by atoms with van der Waals surface area (Å²) in [7, 11) is 0. The molecule has 3 heterocycles. The van der Waals surface area contributed by atoms with E-state index in [1.54, 1.807) is 0 Å². The molecule has 2 atom stereocenters. The molecule has 0 radical (unpaired) electrons. The maximum atomic E-state index is 6.81. The summed E-state index contributed by atoms with van der Waals surface area (Å²) in [5.74, 6) is 2.75. The smallest absolute Gasteiger partial charge is 0.512 e. The van der Waals surface area contributed by atoms with Gasteiger partial charge in [0, 0.05) is 34.4 Å². The maximum absolute atomic E-state index is 6.81. The largest absolute Gasteiger partial charge is 2.00 e. The molecule has 1 fully saturated rings. The molecule has 3 aliphatic rings. The Labute approximate surface area is 336 Å². The molecule has 1 saturated carbocycles. The van der Waals surface area contributed by atoms with Crippen LogP contribution in [-0.4, -0.2) is 22.0 Å². The van der Waals surface area contributed by atoms with Crippen LogP contribution in [0.5, 0.6) is 11.5 Å². The van der Waals surface area contributed by atoms with Gasteiger partial charge in [0.2, 0.25) is 0 Å². The summed E-state index contributed by atoms with van der Waals surface area (Å²) in [6.45, 7) is 24.4. The molecule has 8 rings (SSSR count). The van der Waals surface area contributed by atoms with E-state index in [0.29, 0.717) is 17.4 Å². The van der Waals surface area contributed by atoms with Crippen LogP contribution >= 0.6 is 0 Å². The second kappa shape index (κ2) is 13.2. The van der Waals surface area contributed by atoms with Crippen LogP contribution in [0.25, 0.3) is 11.1 Å². The Kier molecular flexibility index (Phi) is 9.33. The molecule has 280 valence electrons. The summed E-state index contributed by atoms with van der Waals surface area (Å²) in [4.78, 5) is 12.4. The van der Waals surface area contributed by atoms with Crippen molar-refractivity contribution < 1.29 is 30.5 Å². The summed E-state index contributed by atoms with van der Waals surface area (Å²) in [6.07, 6.45) is 5.00. The van der Waals surface area contributed by atoms with Crippen LogP contribution in [0.2, 0.25) is 0 Å². The van der Waals surface area contributed by atoms with Crippen LogP contribution in [0.1, 0.15) is 112 Å². The number of aryl methyl sites for hydroxylation is 4. The van der Waals surface area contributed by atoms with Crippen molar-refractivity contribution in [2.45, 2.75) is 117 Å². The first-order valence-electron chi connectivity index (χ1n) is 19.0. The topological polar surface area (TPSA) is 47.0 Å². The van der Waals surface area contributed by atoms with Gasteiger partial charge in [-0.1, -0.05) is 106 Å². The van der Waals surface area contributed by atoms with E-state index in [-0.39, 0.29) is 43.0 Å². The minimum atomic E-state index is -0.320. The predicted octanol–water partition coefficient (Wildman–Crippen LogP) is 12.3. The van der Waals surface area contributed by atoms with E-state index in [2.05, 4.69) is 148 Å². The van der Waals surface area contributed by atoms with Crippen LogP contribution in [0.15, 0.2) is 77.9 Å². The van der Waals surface area contributed by atoms with Gasteiger partial charge in [0.1, 0.15) is 17.3 Å². The minimum Gasteiger partial charge on any atom is -0.512 e. The number of fused-ring (bicyclic) bond motifs is 3. The van der Waals surface area contributed by atoms with E-state index >= 15 is 0 Å². The summed E-state index contributed by atoms with van der Waals surface area (Å²) in [6, 6.07) is 31.3. The molecule has 0 bridgehead atoms. The van der Waals surface area contributed by atoms with Gasteiger partial charge in [-0.15, -0.1) is 24.3 Å². The number of aliphatic imine (C=N–C) groups is 1. The number of pyridine rings is 1. The van der Waals surface area contributed by atoms with Gasteiger partial charge in [-0.05, 0) is 99.2 Å². The summed E-state index contributed by atoms with van der Waals surface area (Å²) >= 11 is 0. The third kappa shape index (κ3) is 6.31. The van der Waals surface area contributed by atoms with Gasteiger partial charge in [-0.25, -0.2) is 4.98 Å². The second-order valence-corrected chi connectivity index (χ2v) is 17.6. The quantitative estimate of drug-likeness (QED) is 0.165. The van der Waals surface area contributed by atoms with Gasteiger partial charge in [0.05, 0.1) is 5.54 Å². The predicted molar refractivity (Wildman–Crippen MR) is 217 cm³/mol. The van der Waals surface area contributed by atoms with Gasteiger partial charge >= 0.3 is 21.1 Å². The number of ether oxygens (including phenoxy) is 2. The molecule has 0 spiro atoms. The van der Waals surface area contributed by atoms with Crippen molar-refractivity contribution >= 4 is 23.1 Å². The fraction of sp³-hybridized carbons (Fsp3) is 0.375. The van der Waals surface area contributed by atoms with Crippen molar-refractivity contribution in [2.24, 2.45) is 4.99 Å². The molecule has 0 unspecified atom stereocenters. The Bertz CT molecular complexity index is 2310. The maximum Gasteiger partial charge on any atom is 2.00 e. The fourth-order valence-corrected chi connectivity index (χ4v) is 8.93. The van der Waals surface area contributed by atoms with E-state index in [4.69, 9.17) is 19.5 Å². The molecular formula is C48H51N3O2Pt. The average molecular weight is 897 g/mol.